The Hall–Kier alpha value is -2.12. The maximum Gasteiger partial charge on any atom is 0.408 e. The molecule has 0 spiro atoms. The van der Waals surface area contributed by atoms with Gasteiger partial charge in [-0.2, -0.15) is 0 Å². The zero-order chi connectivity index (χ0) is 22.6. The fraction of sp³-hybridized carbons (Fsp3) is 0.650. The summed E-state index contributed by atoms with van der Waals surface area (Å²) in [4.78, 5) is 20.2. The van der Waals surface area contributed by atoms with Gasteiger partial charge in [0.15, 0.2) is 0 Å². The molecule has 0 saturated carbocycles. The lowest BCUT2D eigenvalue weighted by Gasteiger charge is -2.23. The molecule has 1 heterocycles. The van der Waals surface area contributed by atoms with Crippen molar-refractivity contribution < 1.29 is 23.7 Å². The first-order valence-electron chi connectivity index (χ1n) is 9.67. The van der Waals surface area contributed by atoms with Crippen molar-refractivity contribution in [2.24, 2.45) is 0 Å². The Kier molecular flexibility index (Phi) is 11.4. The number of methoxy groups -OCH3 is 1. The molecule has 0 bridgehead atoms. The lowest BCUT2D eigenvalue weighted by molar-refractivity contribution is -0.0969. The van der Waals surface area contributed by atoms with E-state index in [0.717, 1.165) is 0 Å². The van der Waals surface area contributed by atoms with E-state index in [0.29, 0.717) is 31.1 Å². The molecule has 1 aromatic heterocycles. The minimum absolute atomic E-state index is 0.190. The van der Waals surface area contributed by atoms with Crippen molar-refractivity contribution in [3.8, 4) is 11.8 Å². The Balaban J connectivity index is 2.91. The predicted octanol–water partition coefficient (Wildman–Crippen LogP) is 2.83. The first kappa shape index (κ1) is 25.9. The third-order valence-electron chi connectivity index (χ3n) is 3.36. The van der Waals surface area contributed by atoms with E-state index in [1.165, 1.54) is 6.33 Å². The molecule has 0 radical (unpaired) electrons. The fourth-order valence-corrected chi connectivity index (χ4v) is 2.40. The van der Waals surface area contributed by atoms with Crippen LogP contribution < -0.4 is 10.6 Å². The summed E-state index contributed by atoms with van der Waals surface area (Å²) in [7, 11) is 1.55. The van der Waals surface area contributed by atoms with Crippen LogP contribution in [0.5, 0.6) is 0 Å². The maximum atomic E-state index is 12.1. The highest BCUT2D eigenvalue weighted by Crippen LogP contribution is 2.18. The topological polar surface area (TPSA) is 104 Å². The second-order valence-electron chi connectivity index (χ2n) is 7.08. The first-order valence-corrected chi connectivity index (χ1v) is 10.1. The van der Waals surface area contributed by atoms with Gasteiger partial charge in [-0.1, -0.05) is 17.5 Å². The SMILES string of the molecule is CCOC(C#Cc1c(Cl)ncnc1NCC(COC)NC(=O)OC(C)(C)C)OCC. The molecule has 1 atom stereocenters. The first-order chi connectivity index (χ1) is 14.2. The van der Waals surface area contributed by atoms with Crippen LogP contribution in [0.3, 0.4) is 0 Å². The van der Waals surface area contributed by atoms with Gasteiger partial charge in [-0.3, -0.25) is 0 Å². The van der Waals surface area contributed by atoms with Gasteiger partial charge < -0.3 is 29.6 Å². The quantitative estimate of drug-likeness (QED) is 0.324. The molecule has 0 aliphatic rings. The van der Waals surface area contributed by atoms with Crippen LogP contribution in [-0.2, 0) is 18.9 Å². The molecule has 0 aromatic carbocycles. The van der Waals surface area contributed by atoms with Crippen molar-refractivity contribution in [3.63, 3.8) is 0 Å². The maximum absolute atomic E-state index is 12.1. The lowest BCUT2D eigenvalue weighted by atomic mass is 10.2. The summed E-state index contributed by atoms with van der Waals surface area (Å²) in [6, 6.07) is -0.376. The molecule has 0 saturated heterocycles. The largest absolute Gasteiger partial charge is 0.444 e. The zero-order valence-corrected chi connectivity index (χ0v) is 19.1. The van der Waals surface area contributed by atoms with Gasteiger partial charge in [0.25, 0.3) is 0 Å². The summed E-state index contributed by atoms with van der Waals surface area (Å²) in [5.74, 6) is 6.21. The van der Waals surface area contributed by atoms with Crippen LogP contribution in [-0.4, -0.2) is 67.5 Å². The van der Waals surface area contributed by atoms with E-state index in [4.69, 9.17) is 30.5 Å². The molecular formula is C20H31ClN4O5. The van der Waals surface area contributed by atoms with Crippen LogP contribution in [0.15, 0.2) is 6.33 Å². The summed E-state index contributed by atoms with van der Waals surface area (Å²) in [5, 5.41) is 6.08. The van der Waals surface area contributed by atoms with E-state index in [1.54, 1.807) is 27.9 Å². The number of anilines is 1. The summed E-state index contributed by atoms with van der Waals surface area (Å²) in [6.07, 6.45) is 0.105. The Labute approximate surface area is 183 Å². The average molecular weight is 443 g/mol. The highest BCUT2D eigenvalue weighted by atomic mass is 35.5. The number of carbonyl (C=O) groups is 1. The van der Waals surface area contributed by atoms with E-state index < -0.39 is 18.0 Å². The van der Waals surface area contributed by atoms with Crippen LogP contribution in [0, 0.1) is 11.8 Å². The van der Waals surface area contributed by atoms with Crippen molar-refractivity contribution in [1.29, 1.82) is 0 Å². The lowest BCUT2D eigenvalue weighted by Crippen LogP contribution is -2.45. The zero-order valence-electron chi connectivity index (χ0n) is 18.4. The van der Waals surface area contributed by atoms with Crippen molar-refractivity contribution in [3.05, 3.63) is 17.0 Å². The molecule has 9 nitrogen and oxygen atoms in total. The fourth-order valence-electron chi connectivity index (χ4n) is 2.22. The molecule has 168 valence electrons. The standard InChI is InChI=1S/C20H31ClN4O5/c1-7-28-16(29-8-2)10-9-15-17(21)23-13-24-18(15)22-11-14(12-27-6)25-19(26)30-20(3,4)5/h13-14,16H,7-8,11-12H2,1-6H3,(H,25,26)(H,22,23,24). The summed E-state index contributed by atoms with van der Waals surface area (Å²) < 4.78 is 21.3. The van der Waals surface area contributed by atoms with Crippen LogP contribution in [0.25, 0.3) is 0 Å². The van der Waals surface area contributed by atoms with Gasteiger partial charge in [-0.15, -0.1) is 0 Å². The van der Waals surface area contributed by atoms with E-state index in [-0.39, 0.29) is 17.8 Å². The average Bonchev–Trinajstić information content (AvgIpc) is 2.64. The number of aromatic nitrogens is 2. The third kappa shape index (κ3) is 10.1. The highest BCUT2D eigenvalue weighted by Gasteiger charge is 2.20. The second kappa shape index (κ2) is 13.2. The van der Waals surface area contributed by atoms with Crippen LogP contribution in [0.2, 0.25) is 5.15 Å². The normalized spacial score (nSPS) is 12.1. The minimum Gasteiger partial charge on any atom is -0.444 e. The molecule has 1 aromatic rings. The predicted molar refractivity (Wildman–Crippen MR) is 114 cm³/mol. The van der Waals surface area contributed by atoms with E-state index >= 15 is 0 Å². The minimum atomic E-state index is -0.681. The molecule has 1 rings (SSSR count). The van der Waals surface area contributed by atoms with Crippen molar-refractivity contribution in [1.82, 2.24) is 15.3 Å². The number of ether oxygens (including phenoxy) is 4. The highest BCUT2D eigenvalue weighted by molar-refractivity contribution is 6.30. The molecule has 0 aliphatic heterocycles. The summed E-state index contributed by atoms with van der Waals surface area (Å²) in [6.45, 7) is 10.6. The van der Waals surface area contributed by atoms with Gasteiger partial charge in [0, 0.05) is 26.9 Å². The van der Waals surface area contributed by atoms with Gasteiger partial charge in [-0.25, -0.2) is 14.8 Å². The number of alkyl carbamates (subject to hydrolysis) is 1. The van der Waals surface area contributed by atoms with Crippen LogP contribution in [0.1, 0.15) is 40.2 Å². The number of rotatable bonds is 10. The Morgan fingerprint density at radius 3 is 2.47 bits per heavy atom. The number of nitrogens with zero attached hydrogens (tertiary/aromatic N) is 2. The number of hydrogen-bond acceptors (Lipinski definition) is 8. The Morgan fingerprint density at radius 2 is 1.90 bits per heavy atom. The van der Waals surface area contributed by atoms with Gasteiger partial charge in [0.05, 0.1) is 12.6 Å². The number of nitrogens with one attached hydrogen (secondary N) is 2. The number of carbonyl (C=O) groups excluding carboxylic acids is 1. The van der Waals surface area contributed by atoms with Crippen LogP contribution in [0.4, 0.5) is 10.6 Å². The van der Waals surface area contributed by atoms with E-state index in [2.05, 4.69) is 32.4 Å². The van der Waals surface area contributed by atoms with Crippen molar-refractivity contribution in [2.45, 2.75) is 52.6 Å². The smallest absolute Gasteiger partial charge is 0.408 e. The molecule has 10 heteroatoms. The van der Waals surface area contributed by atoms with E-state index in [9.17, 15) is 4.79 Å². The van der Waals surface area contributed by atoms with Gasteiger partial charge in [-0.05, 0) is 40.5 Å². The number of amides is 1. The van der Waals surface area contributed by atoms with Gasteiger partial charge >= 0.3 is 6.09 Å². The molecule has 2 N–H and O–H groups in total. The Bertz CT molecular complexity index is 724. The monoisotopic (exact) mass is 442 g/mol. The number of hydrogen-bond donors (Lipinski definition) is 2. The summed E-state index contributed by atoms with van der Waals surface area (Å²) >= 11 is 6.21. The van der Waals surface area contributed by atoms with Crippen molar-refractivity contribution >= 4 is 23.5 Å². The second-order valence-corrected chi connectivity index (χ2v) is 7.44. The van der Waals surface area contributed by atoms with Crippen molar-refractivity contribution in [2.75, 3.05) is 38.8 Å². The number of halogens is 1. The molecule has 0 aliphatic carbocycles. The molecule has 30 heavy (non-hydrogen) atoms. The molecule has 1 amide bonds. The molecule has 1 unspecified atom stereocenters. The van der Waals surface area contributed by atoms with Crippen LogP contribution >= 0.6 is 11.6 Å². The summed E-state index contributed by atoms with van der Waals surface area (Å²) in [5.41, 5.74) is -0.201. The van der Waals surface area contributed by atoms with E-state index in [1.807, 2.05) is 13.8 Å². The Morgan fingerprint density at radius 1 is 1.23 bits per heavy atom. The molecule has 0 fully saturated rings. The molecular weight excluding hydrogens is 412 g/mol. The third-order valence-corrected chi connectivity index (χ3v) is 3.64. The van der Waals surface area contributed by atoms with Gasteiger partial charge in [0.2, 0.25) is 6.29 Å². The van der Waals surface area contributed by atoms with Gasteiger partial charge in [0.1, 0.15) is 28.5 Å².